The van der Waals surface area contributed by atoms with Crippen LogP contribution in [0.25, 0.3) is 0 Å². The Morgan fingerprint density at radius 1 is 1.32 bits per heavy atom. The molecule has 0 amide bonds. The van der Waals surface area contributed by atoms with Gasteiger partial charge in [0.05, 0.1) is 12.2 Å². The van der Waals surface area contributed by atoms with Crippen LogP contribution < -0.4 is 4.74 Å². The molecule has 0 aliphatic rings. The highest BCUT2D eigenvalue weighted by atomic mass is 79.9. The first kappa shape index (κ1) is 14.6. The van der Waals surface area contributed by atoms with Gasteiger partial charge in [0.2, 0.25) is 0 Å². The fourth-order valence-electron chi connectivity index (χ4n) is 1.84. The molecule has 1 aromatic heterocycles. The average molecular weight is 341 g/mol. The number of halogens is 1. The lowest BCUT2D eigenvalue weighted by Crippen LogP contribution is -2.06. The van der Waals surface area contributed by atoms with Crippen molar-refractivity contribution in [3.05, 3.63) is 50.6 Å². The molecule has 1 unspecified atom stereocenters. The van der Waals surface area contributed by atoms with Gasteiger partial charge in [-0.3, -0.25) is 0 Å². The van der Waals surface area contributed by atoms with E-state index in [1.54, 1.807) is 11.3 Å². The molecule has 4 heteroatoms. The minimum absolute atomic E-state index is 0.139. The summed E-state index contributed by atoms with van der Waals surface area (Å²) in [4.78, 5) is 1.16. The summed E-state index contributed by atoms with van der Waals surface area (Å²) in [5.41, 5.74) is 0.891. The summed E-state index contributed by atoms with van der Waals surface area (Å²) in [6, 6.07) is 9.72. The summed E-state index contributed by atoms with van der Waals surface area (Å²) < 4.78 is 6.71. The van der Waals surface area contributed by atoms with Crippen LogP contribution in [0.2, 0.25) is 0 Å². The predicted molar refractivity (Wildman–Crippen MR) is 82.9 cm³/mol. The van der Waals surface area contributed by atoms with Gasteiger partial charge < -0.3 is 9.84 Å². The van der Waals surface area contributed by atoms with Gasteiger partial charge in [-0.05, 0) is 53.5 Å². The molecule has 0 aliphatic heterocycles. The standard InChI is InChI=1S/C15H17BrO2S/c1-10(2)18-13-5-3-4-11(6-13)15(17)8-14-7-12(16)9-19-14/h3-7,9-10,15,17H,8H2,1-2H3. The maximum atomic E-state index is 10.3. The lowest BCUT2D eigenvalue weighted by atomic mass is 10.1. The summed E-state index contributed by atoms with van der Waals surface area (Å²) >= 11 is 5.08. The van der Waals surface area contributed by atoms with E-state index in [9.17, 15) is 5.11 Å². The lowest BCUT2D eigenvalue weighted by Gasteiger charge is -2.14. The van der Waals surface area contributed by atoms with Crippen LogP contribution in [0.4, 0.5) is 0 Å². The van der Waals surface area contributed by atoms with Crippen LogP contribution in [0.5, 0.6) is 5.75 Å². The second kappa shape index (κ2) is 6.55. The molecule has 1 heterocycles. The van der Waals surface area contributed by atoms with Crippen LogP contribution >= 0.6 is 27.3 Å². The molecule has 19 heavy (non-hydrogen) atoms. The van der Waals surface area contributed by atoms with Crippen molar-refractivity contribution in [2.75, 3.05) is 0 Å². The quantitative estimate of drug-likeness (QED) is 0.863. The van der Waals surface area contributed by atoms with Gasteiger partial charge in [0.1, 0.15) is 5.75 Å². The molecule has 0 saturated carbocycles. The number of hydrogen-bond donors (Lipinski definition) is 1. The number of aliphatic hydroxyl groups excluding tert-OH is 1. The summed E-state index contributed by atoms with van der Waals surface area (Å²) in [7, 11) is 0. The van der Waals surface area contributed by atoms with Crippen LogP contribution in [-0.4, -0.2) is 11.2 Å². The normalized spacial score (nSPS) is 12.7. The minimum atomic E-state index is -0.499. The summed E-state index contributed by atoms with van der Waals surface area (Å²) in [6.07, 6.45) is 0.267. The molecule has 0 aliphatic carbocycles. The largest absolute Gasteiger partial charge is 0.491 e. The number of benzene rings is 1. The zero-order valence-electron chi connectivity index (χ0n) is 11.0. The van der Waals surface area contributed by atoms with Crippen molar-refractivity contribution in [1.82, 2.24) is 0 Å². The Labute approximate surface area is 126 Å². The van der Waals surface area contributed by atoms with Crippen molar-refractivity contribution in [3.8, 4) is 5.75 Å². The van der Waals surface area contributed by atoms with E-state index in [1.807, 2.05) is 49.6 Å². The van der Waals surface area contributed by atoms with Crippen LogP contribution in [0.15, 0.2) is 40.2 Å². The zero-order chi connectivity index (χ0) is 13.8. The van der Waals surface area contributed by atoms with Gasteiger partial charge in [0.15, 0.2) is 0 Å². The van der Waals surface area contributed by atoms with Crippen LogP contribution in [0, 0.1) is 0 Å². The third kappa shape index (κ3) is 4.34. The molecule has 102 valence electrons. The van der Waals surface area contributed by atoms with Gasteiger partial charge >= 0.3 is 0 Å². The van der Waals surface area contributed by atoms with Gasteiger partial charge in [0, 0.05) is 21.2 Å². The van der Waals surface area contributed by atoms with Gasteiger partial charge in [-0.15, -0.1) is 11.3 Å². The Kier molecular flexibility index (Phi) is 5.02. The molecule has 0 saturated heterocycles. The SMILES string of the molecule is CC(C)Oc1cccc(C(O)Cc2cc(Br)cs2)c1. The van der Waals surface area contributed by atoms with Gasteiger partial charge in [-0.2, -0.15) is 0 Å². The Bertz CT molecular complexity index is 536. The molecule has 1 N–H and O–H groups in total. The number of ether oxygens (including phenoxy) is 1. The molecule has 2 aromatic rings. The van der Waals surface area contributed by atoms with E-state index in [4.69, 9.17) is 4.74 Å². The third-order valence-electron chi connectivity index (χ3n) is 2.63. The van der Waals surface area contributed by atoms with Crippen molar-refractivity contribution in [2.45, 2.75) is 32.5 Å². The van der Waals surface area contributed by atoms with Gasteiger partial charge in [-0.25, -0.2) is 0 Å². The van der Waals surface area contributed by atoms with Crippen LogP contribution in [-0.2, 0) is 6.42 Å². The predicted octanol–water partition coefficient (Wildman–Crippen LogP) is 4.57. The third-order valence-corrected chi connectivity index (χ3v) is 4.35. The van der Waals surface area contributed by atoms with Crippen molar-refractivity contribution in [3.63, 3.8) is 0 Å². The Morgan fingerprint density at radius 2 is 2.11 bits per heavy atom. The molecule has 2 rings (SSSR count). The van der Waals surface area contributed by atoms with E-state index < -0.39 is 6.10 Å². The minimum Gasteiger partial charge on any atom is -0.491 e. The lowest BCUT2D eigenvalue weighted by molar-refractivity contribution is 0.178. The number of hydrogen-bond acceptors (Lipinski definition) is 3. The Balaban J connectivity index is 2.08. The second-order valence-corrected chi connectivity index (χ2v) is 6.60. The van der Waals surface area contributed by atoms with Crippen LogP contribution in [0.1, 0.15) is 30.4 Å². The second-order valence-electron chi connectivity index (χ2n) is 4.69. The maximum Gasteiger partial charge on any atom is 0.120 e. The molecule has 0 radical (unpaired) electrons. The topological polar surface area (TPSA) is 29.5 Å². The average Bonchev–Trinajstić information content (AvgIpc) is 2.74. The number of aliphatic hydroxyl groups is 1. The molecule has 1 atom stereocenters. The zero-order valence-corrected chi connectivity index (χ0v) is 13.4. The first-order valence-electron chi connectivity index (χ1n) is 6.22. The summed E-state index contributed by atoms with van der Waals surface area (Å²) in [5.74, 6) is 0.805. The molecule has 1 aromatic carbocycles. The highest BCUT2D eigenvalue weighted by Crippen LogP contribution is 2.27. The highest BCUT2D eigenvalue weighted by molar-refractivity contribution is 9.10. The first-order chi connectivity index (χ1) is 9.04. The Morgan fingerprint density at radius 3 is 2.74 bits per heavy atom. The van der Waals surface area contributed by atoms with E-state index in [2.05, 4.69) is 15.9 Å². The van der Waals surface area contributed by atoms with Crippen molar-refractivity contribution in [1.29, 1.82) is 0 Å². The molecule has 0 bridgehead atoms. The van der Waals surface area contributed by atoms with Crippen molar-refractivity contribution in [2.24, 2.45) is 0 Å². The molecule has 2 nitrogen and oxygen atoms in total. The smallest absolute Gasteiger partial charge is 0.120 e. The fraction of sp³-hybridized carbons (Fsp3) is 0.333. The van der Waals surface area contributed by atoms with Crippen molar-refractivity contribution < 1.29 is 9.84 Å². The van der Waals surface area contributed by atoms with E-state index in [-0.39, 0.29) is 6.10 Å². The maximum absolute atomic E-state index is 10.3. The summed E-state index contributed by atoms with van der Waals surface area (Å²) in [5, 5.41) is 12.3. The van der Waals surface area contributed by atoms with E-state index >= 15 is 0 Å². The molecular weight excluding hydrogens is 324 g/mol. The number of rotatable bonds is 5. The van der Waals surface area contributed by atoms with E-state index in [0.717, 1.165) is 20.7 Å². The van der Waals surface area contributed by atoms with E-state index in [1.165, 1.54) is 0 Å². The molecule has 0 spiro atoms. The summed E-state index contributed by atoms with van der Waals surface area (Å²) in [6.45, 7) is 3.98. The monoisotopic (exact) mass is 340 g/mol. The highest BCUT2D eigenvalue weighted by Gasteiger charge is 2.11. The van der Waals surface area contributed by atoms with Crippen molar-refractivity contribution >= 4 is 27.3 Å². The van der Waals surface area contributed by atoms with Gasteiger partial charge in [0.25, 0.3) is 0 Å². The molecule has 0 fully saturated rings. The fourth-order valence-corrected chi connectivity index (χ4v) is 3.33. The Hall–Kier alpha value is -0.840. The van der Waals surface area contributed by atoms with E-state index in [0.29, 0.717) is 6.42 Å². The van der Waals surface area contributed by atoms with Crippen LogP contribution in [0.3, 0.4) is 0 Å². The molecular formula is C15H17BrO2S. The first-order valence-corrected chi connectivity index (χ1v) is 7.89. The number of thiophene rings is 1. The van der Waals surface area contributed by atoms with Gasteiger partial charge in [-0.1, -0.05) is 12.1 Å².